The summed E-state index contributed by atoms with van der Waals surface area (Å²) in [7, 11) is 0. The summed E-state index contributed by atoms with van der Waals surface area (Å²) in [6.07, 6.45) is 1.22. The molecule has 144 valence electrons. The lowest BCUT2D eigenvalue weighted by molar-refractivity contribution is -0.116. The van der Waals surface area contributed by atoms with E-state index in [1.165, 1.54) is 23.9 Å². The van der Waals surface area contributed by atoms with Gasteiger partial charge in [-0.05, 0) is 48.7 Å². The van der Waals surface area contributed by atoms with Crippen LogP contribution in [-0.4, -0.2) is 22.3 Å². The molecule has 29 heavy (non-hydrogen) atoms. The molecule has 0 spiro atoms. The number of hydrogen-bond donors (Lipinski definition) is 1. The fourth-order valence-corrected chi connectivity index (χ4v) is 3.73. The number of nitrogens with one attached hydrogen (secondary N) is 1. The predicted octanol–water partition coefficient (Wildman–Crippen LogP) is 2.59. The van der Waals surface area contributed by atoms with Crippen molar-refractivity contribution in [3.63, 3.8) is 0 Å². The zero-order valence-corrected chi connectivity index (χ0v) is 16.1. The number of para-hydroxylation sites is 1. The zero-order valence-electron chi connectivity index (χ0n) is 15.3. The van der Waals surface area contributed by atoms with Crippen molar-refractivity contribution in [3.8, 4) is 11.3 Å². The molecule has 2 aliphatic heterocycles. The van der Waals surface area contributed by atoms with E-state index in [0.29, 0.717) is 27.7 Å². The minimum Gasteiger partial charge on any atom is -0.457 e. The van der Waals surface area contributed by atoms with E-state index in [1.54, 1.807) is 23.2 Å². The molecule has 3 aromatic rings. The van der Waals surface area contributed by atoms with Crippen molar-refractivity contribution in [3.05, 3.63) is 82.8 Å². The van der Waals surface area contributed by atoms with Gasteiger partial charge in [-0.3, -0.25) is 10.1 Å². The van der Waals surface area contributed by atoms with E-state index < -0.39 is 6.17 Å². The van der Waals surface area contributed by atoms with Crippen LogP contribution in [0.2, 0.25) is 0 Å². The van der Waals surface area contributed by atoms with E-state index in [1.807, 2.05) is 36.6 Å². The Labute approximate surface area is 169 Å². The van der Waals surface area contributed by atoms with Crippen LogP contribution in [0.3, 0.4) is 0 Å². The number of carbonyl (C=O) groups excluding carboxylic acids is 1. The number of amides is 1. The second-order valence-corrected chi connectivity index (χ2v) is 7.28. The molecule has 1 amide bonds. The van der Waals surface area contributed by atoms with Gasteiger partial charge in [0.15, 0.2) is 10.9 Å². The normalized spacial score (nSPS) is 17.8. The molecule has 5 rings (SSSR count). The lowest BCUT2D eigenvalue weighted by Crippen LogP contribution is -2.50. The molecular weight excluding hydrogens is 391 g/mol. The standard InChI is InChI=1S/C21H15FN4O2S/c1-29-21-24-20(27)18-14-4-2-3-5-15(14)23-19(26(18)25-21)17-11-10-16(28-17)12-6-8-13(22)9-7-12/h2-11,19H,1H3,(H,24,25,27). The molecule has 6 nitrogen and oxygen atoms in total. The van der Waals surface area contributed by atoms with Crippen LogP contribution in [0.1, 0.15) is 11.9 Å². The largest absolute Gasteiger partial charge is 0.457 e. The molecule has 1 N–H and O–H groups in total. The van der Waals surface area contributed by atoms with Gasteiger partial charge in [-0.15, -0.1) is 5.10 Å². The number of amidine groups is 1. The molecule has 8 heteroatoms. The minimum absolute atomic E-state index is 0.234. The Morgan fingerprint density at radius 1 is 1.10 bits per heavy atom. The average Bonchev–Trinajstić information content (AvgIpc) is 3.23. The van der Waals surface area contributed by atoms with Gasteiger partial charge < -0.3 is 4.42 Å². The number of nitrogens with zero attached hydrogens (tertiary/aromatic N) is 3. The molecule has 2 aromatic carbocycles. The SMILES string of the molecule is CSC1=NN2C(=c3ccccc3=NC2c2ccc(-c3ccc(F)cc3)o2)C(=O)N1. The topological polar surface area (TPSA) is 70.2 Å². The number of hydrogen-bond acceptors (Lipinski definition) is 6. The van der Waals surface area contributed by atoms with Crippen LogP contribution in [0.25, 0.3) is 17.0 Å². The zero-order chi connectivity index (χ0) is 20.0. The number of thioether (sulfide) groups is 1. The second-order valence-electron chi connectivity index (χ2n) is 6.49. The number of hydrazone groups is 1. The summed E-state index contributed by atoms with van der Waals surface area (Å²) in [6.45, 7) is 0. The maximum Gasteiger partial charge on any atom is 0.276 e. The molecule has 2 aliphatic rings. The van der Waals surface area contributed by atoms with Gasteiger partial charge in [-0.2, -0.15) is 0 Å². The van der Waals surface area contributed by atoms with Gasteiger partial charge in [-0.1, -0.05) is 30.0 Å². The number of fused-ring (bicyclic) bond motifs is 2. The van der Waals surface area contributed by atoms with E-state index in [4.69, 9.17) is 9.41 Å². The van der Waals surface area contributed by atoms with Gasteiger partial charge >= 0.3 is 0 Å². The third kappa shape index (κ3) is 3.01. The molecule has 0 saturated carbocycles. The highest BCUT2D eigenvalue weighted by atomic mass is 32.2. The number of benzene rings is 2. The van der Waals surface area contributed by atoms with Crippen molar-refractivity contribution in [2.45, 2.75) is 6.17 Å². The first-order chi connectivity index (χ1) is 14.1. The molecule has 0 aliphatic carbocycles. The summed E-state index contributed by atoms with van der Waals surface area (Å²) in [4.78, 5) is 17.6. The maximum atomic E-state index is 13.2. The maximum absolute atomic E-state index is 13.2. The van der Waals surface area contributed by atoms with Gasteiger partial charge in [0.2, 0.25) is 6.17 Å². The number of rotatable bonds is 2. The van der Waals surface area contributed by atoms with Gasteiger partial charge in [0.1, 0.15) is 17.3 Å². The first-order valence-corrected chi connectivity index (χ1v) is 10.1. The Balaban J connectivity index is 1.65. The number of furan rings is 1. The molecule has 1 unspecified atom stereocenters. The molecule has 0 bridgehead atoms. The van der Waals surface area contributed by atoms with Crippen LogP contribution in [0.5, 0.6) is 0 Å². The van der Waals surface area contributed by atoms with E-state index >= 15 is 0 Å². The highest BCUT2D eigenvalue weighted by Gasteiger charge is 2.35. The van der Waals surface area contributed by atoms with Crippen LogP contribution in [-0.2, 0) is 4.79 Å². The fourth-order valence-electron chi connectivity index (χ4n) is 3.37. The smallest absolute Gasteiger partial charge is 0.276 e. The van der Waals surface area contributed by atoms with E-state index in [9.17, 15) is 9.18 Å². The summed E-state index contributed by atoms with van der Waals surface area (Å²) >= 11 is 1.34. The van der Waals surface area contributed by atoms with Crippen LogP contribution in [0.15, 0.2) is 75.2 Å². The summed E-state index contributed by atoms with van der Waals surface area (Å²) in [6, 6.07) is 17.1. The Morgan fingerprint density at radius 3 is 2.69 bits per heavy atom. The van der Waals surface area contributed by atoms with Crippen LogP contribution in [0.4, 0.5) is 4.39 Å². The molecular formula is C21H15FN4O2S. The van der Waals surface area contributed by atoms with Gasteiger partial charge in [0, 0.05) is 10.8 Å². The van der Waals surface area contributed by atoms with Crippen molar-refractivity contribution in [1.82, 2.24) is 10.3 Å². The Kier molecular flexibility index (Phi) is 4.21. The first kappa shape index (κ1) is 17.7. The van der Waals surface area contributed by atoms with Crippen molar-refractivity contribution in [1.29, 1.82) is 0 Å². The molecule has 0 saturated heterocycles. The average molecular weight is 406 g/mol. The Hall–Kier alpha value is -3.39. The van der Waals surface area contributed by atoms with Crippen LogP contribution in [0, 0.1) is 5.82 Å². The third-order valence-corrected chi connectivity index (χ3v) is 5.29. The van der Waals surface area contributed by atoms with Crippen LogP contribution < -0.4 is 15.9 Å². The predicted molar refractivity (Wildman–Crippen MR) is 108 cm³/mol. The van der Waals surface area contributed by atoms with Gasteiger partial charge in [0.05, 0.1) is 5.36 Å². The van der Waals surface area contributed by atoms with Crippen molar-refractivity contribution >= 4 is 28.5 Å². The minimum atomic E-state index is -0.623. The van der Waals surface area contributed by atoms with Crippen molar-refractivity contribution < 1.29 is 13.6 Å². The first-order valence-electron chi connectivity index (χ1n) is 8.90. The van der Waals surface area contributed by atoms with Crippen LogP contribution >= 0.6 is 11.8 Å². The second kappa shape index (κ2) is 6.89. The molecule has 1 aromatic heterocycles. The third-order valence-electron chi connectivity index (χ3n) is 4.72. The summed E-state index contributed by atoms with van der Waals surface area (Å²) < 4.78 is 19.3. The lowest BCUT2D eigenvalue weighted by Gasteiger charge is -2.32. The van der Waals surface area contributed by atoms with E-state index in [2.05, 4.69) is 10.4 Å². The number of halogens is 1. The van der Waals surface area contributed by atoms with E-state index in [0.717, 1.165) is 10.8 Å². The Morgan fingerprint density at radius 2 is 1.90 bits per heavy atom. The highest BCUT2D eigenvalue weighted by molar-refractivity contribution is 8.13. The molecule has 0 radical (unpaired) electrons. The fraction of sp³-hybridized carbons (Fsp3) is 0.0952. The quantitative estimate of drug-likeness (QED) is 0.710. The van der Waals surface area contributed by atoms with E-state index in [-0.39, 0.29) is 11.7 Å². The summed E-state index contributed by atoms with van der Waals surface area (Å²) in [5.41, 5.74) is 1.18. The van der Waals surface area contributed by atoms with Gasteiger partial charge in [0.25, 0.3) is 5.91 Å². The van der Waals surface area contributed by atoms with Crippen molar-refractivity contribution in [2.24, 2.45) is 10.1 Å². The lowest BCUT2D eigenvalue weighted by atomic mass is 10.1. The monoisotopic (exact) mass is 406 g/mol. The summed E-state index contributed by atoms with van der Waals surface area (Å²) in [5, 5.41) is 10.9. The van der Waals surface area contributed by atoms with Gasteiger partial charge in [-0.25, -0.2) is 14.4 Å². The summed E-state index contributed by atoms with van der Waals surface area (Å²) in [5.74, 6) is 0.584. The molecule has 0 fully saturated rings. The van der Waals surface area contributed by atoms with Crippen molar-refractivity contribution in [2.75, 3.05) is 6.26 Å². The molecule has 3 heterocycles. The molecule has 1 atom stereocenters. The number of carbonyl (C=O) groups is 1. The Bertz CT molecular complexity index is 1270. The highest BCUT2D eigenvalue weighted by Crippen LogP contribution is 2.33.